The SMILES string of the molecule is O=C1[C@H](SC[C@@H](O)c2ccc(Cl)cc2)[C@@H](c2ccc(O)cc2)N1c1ccc(-c2cnccn2)cc1. The number of aromatic nitrogens is 2. The highest BCUT2D eigenvalue weighted by atomic mass is 35.5. The third kappa shape index (κ3) is 4.89. The molecule has 0 saturated carbocycles. The molecule has 0 spiro atoms. The van der Waals surface area contributed by atoms with Crippen LogP contribution in [0.25, 0.3) is 11.3 Å². The first-order valence-corrected chi connectivity index (χ1v) is 12.5. The van der Waals surface area contributed by atoms with Gasteiger partial charge in [0.1, 0.15) is 11.0 Å². The summed E-state index contributed by atoms with van der Waals surface area (Å²) in [5.41, 5.74) is 4.11. The van der Waals surface area contributed by atoms with Crippen LogP contribution in [-0.4, -0.2) is 37.1 Å². The lowest BCUT2D eigenvalue weighted by molar-refractivity contribution is -0.123. The van der Waals surface area contributed by atoms with Crippen molar-refractivity contribution in [3.63, 3.8) is 0 Å². The van der Waals surface area contributed by atoms with Crippen LogP contribution in [0.15, 0.2) is 91.4 Å². The predicted octanol–water partition coefficient (Wildman–Crippen LogP) is 5.43. The molecule has 6 nitrogen and oxygen atoms in total. The Labute approximate surface area is 212 Å². The first-order chi connectivity index (χ1) is 17.0. The van der Waals surface area contributed by atoms with E-state index in [0.717, 1.165) is 28.1 Å². The van der Waals surface area contributed by atoms with E-state index >= 15 is 0 Å². The van der Waals surface area contributed by atoms with Gasteiger partial charge in [0.2, 0.25) is 5.91 Å². The molecule has 0 unspecified atom stereocenters. The maximum atomic E-state index is 13.3. The molecule has 0 radical (unpaired) electrons. The molecule has 1 aliphatic heterocycles. The van der Waals surface area contributed by atoms with Crippen molar-refractivity contribution in [2.75, 3.05) is 10.7 Å². The predicted molar refractivity (Wildman–Crippen MR) is 138 cm³/mol. The highest BCUT2D eigenvalue weighted by Gasteiger charge is 2.49. The Balaban J connectivity index is 1.37. The fourth-order valence-electron chi connectivity index (χ4n) is 4.13. The number of nitrogens with zero attached hydrogens (tertiary/aromatic N) is 3. The molecular formula is C27H22ClN3O3S. The second kappa shape index (κ2) is 10.1. The van der Waals surface area contributed by atoms with Crippen molar-refractivity contribution in [2.45, 2.75) is 17.4 Å². The zero-order valence-electron chi connectivity index (χ0n) is 18.5. The van der Waals surface area contributed by atoms with Gasteiger partial charge >= 0.3 is 0 Å². The highest BCUT2D eigenvalue weighted by Crippen LogP contribution is 2.46. The molecule has 2 heterocycles. The lowest BCUT2D eigenvalue weighted by atomic mass is 9.92. The van der Waals surface area contributed by atoms with E-state index in [-0.39, 0.29) is 22.9 Å². The Kier molecular flexibility index (Phi) is 6.72. The third-order valence-corrected chi connectivity index (χ3v) is 7.55. The Bertz CT molecular complexity index is 1300. The van der Waals surface area contributed by atoms with Crippen LogP contribution in [0.2, 0.25) is 5.02 Å². The minimum atomic E-state index is -0.717. The Morgan fingerprint density at radius 1 is 0.971 bits per heavy atom. The van der Waals surface area contributed by atoms with E-state index in [1.807, 2.05) is 36.4 Å². The van der Waals surface area contributed by atoms with Gasteiger partial charge in [0.05, 0.1) is 24.0 Å². The average molecular weight is 504 g/mol. The number of hydrogen-bond acceptors (Lipinski definition) is 6. The second-order valence-electron chi connectivity index (χ2n) is 8.20. The Morgan fingerprint density at radius 3 is 2.34 bits per heavy atom. The summed E-state index contributed by atoms with van der Waals surface area (Å²) in [7, 11) is 0. The summed E-state index contributed by atoms with van der Waals surface area (Å²) in [6, 6.07) is 21.4. The molecule has 4 aromatic rings. The molecule has 3 aromatic carbocycles. The maximum Gasteiger partial charge on any atom is 0.243 e. The van der Waals surface area contributed by atoms with Gasteiger partial charge in [0.15, 0.2) is 0 Å². The van der Waals surface area contributed by atoms with Crippen LogP contribution >= 0.6 is 23.4 Å². The van der Waals surface area contributed by atoms with Crippen molar-refractivity contribution in [1.29, 1.82) is 0 Å². The number of rotatable bonds is 7. The molecule has 0 aliphatic carbocycles. The van der Waals surface area contributed by atoms with Crippen molar-refractivity contribution >= 4 is 35.0 Å². The molecule has 1 saturated heterocycles. The van der Waals surface area contributed by atoms with Crippen LogP contribution in [0.1, 0.15) is 23.3 Å². The normalized spacial score (nSPS) is 18.2. The van der Waals surface area contributed by atoms with Crippen molar-refractivity contribution in [1.82, 2.24) is 9.97 Å². The molecule has 1 amide bonds. The van der Waals surface area contributed by atoms with Gasteiger partial charge in [-0.05, 0) is 47.5 Å². The molecule has 5 rings (SSSR count). The van der Waals surface area contributed by atoms with E-state index < -0.39 is 6.10 Å². The number of anilines is 1. The van der Waals surface area contributed by atoms with Crippen molar-refractivity contribution in [3.8, 4) is 17.0 Å². The number of phenolic OH excluding ortho intramolecular Hbond substituents is 1. The first-order valence-electron chi connectivity index (χ1n) is 11.0. The zero-order chi connectivity index (χ0) is 24.4. The number of hydrogen-bond donors (Lipinski definition) is 2. The van der Waals surface area contributed by atoms with E-state index in [1.54, 1.807) is 59.9 Å². The van der Waals surface area contributed by atoms with E-state index in [9.17, 15) is 15.0 Å². The van der Waals surface area contributed by atoms with Gasteiger partial charge in [0, 0.05) is 34.4 Å². The van der Waals surface area contributed by atoms with Crippen molar-refractivity contribution < 1.29 is 15.0 Å². The lowest BCUT2D eigenvalue weighted by Gasteiger charge is -2.47. The molecule has 2 N–H and O–H groups in total. The lowest BCUT2D eigenvalue weighted by Crippen LogP contribution is -2.57. The summed E-state index contributed by atoms with van der Waals surface area (Å²) in [5.74, 6) is 0.511. The van der Waals surface area contributed by atoms with E-state index in [2.05, 4.69) is 9.97 Å². The summed E-state index contributed by atoms with van der Waals surface area (Å²) < 4.78 is 0. The number of carbonyl (C=O) groups excluding carboxylic acids is 1. The first kappa shape index (κ1) is 23.4. The number of aliphatic hydroxyl groups excluding tert-OH is 1. The van der Waals surface area contributed by atoms with E-state index in [1.165, 1.54) is 11.8 Å². The van der Waals surface area contributed by atoms with Gasteiger partial charge in [-0.1, -0.05) is 48.0 Å². The largest absolute Gasteiger partial charge is 0.508 e. The number of amides is 1. The van der Waals surface area contributed by atoms with Gasteiger partial charge in [-0.3, -0.25) is 14.8 Å². The molecule has 35 heavy (non-hydrogen) atoms. The van der Waals surface area contributed by atoms with Crippen molar-refractivity contribution in [2.24, 2.45) is 0 Å². The van der Waals surface area contributed by atoms with Crippen LogP contribution in [0.3, 0.4) is 0 Å². The molecule has 8 heteroatoms. The number of β-lactam (4-membered cyclic amide) rings is 1. The quantitative estimate of drug-likeness (QED) is 0.327. The molecular weight excluding hydrogens is 482 g/mol. The molecule has 1 aliphatic rings. The van der Waals surface area contributed by atoms with Gasteiger partial charge in [-0.25, -0.2) is 0 Å². The van der Waals surface area contributed by atoms with Gasteiger partial charge in [-0.15, -0.1) is 11.8 Å². The summed E-state index contributed by atoms with van der Waals surface area (Å²) in [6.45, 7) is 0. The number of phenols is 1. The number of aromatic hydroxyl groups is 1. The fourth-order valence-corrected chi connectivity index (χ4v) is 5.55. The van der Waals surface area contributed by atoms with Gasteiger partial charge < -0.3 is 15.1 Å². The van der Waals surface area contributed by atoms with Crippen LogP contribution in [-0.2, 0) is 4.79 Å². The molecule has 1 aromatic heterocycles. The summed E-state index contributed by atoms with van der Waals surface area (Å²) in [5, 5.41) is 20.6. The molecule has 1 fully saturated rings. The number of halogens is 1. The number of carbonyl (C=O) groups is 1. The Morgan fingerprint density at radius 2 is 1.69 bits per heavy atom. The summed E-state index contributed by atoms with van der Waals surface area (Å²) >= 11 is 7.38. The second-order valence-corrected chi connectivity index (χ2v) is 9.81. The topological polar surface area (TPSA) is 86.5 Å². The molecule has 3 atom stereocenters. The van der Waals surface area contributed by atoms with Crippen LogP contribution < -0.4 is 4.90 Å². The summed E-state index contributed by atoms with van der Waals surface area (Å²) in [4.78, 5) is 23.5. The third-order valence-electron chi connectivity index (χ3n) is 5.97. The zero-order valence-corrected chi connectivity index (χ0v) is 20.1. The van der Waals surface area contributed by atoms with Crippen LogP contribution in [0.4, 0.5) is 5.69 Å². The number of aliphatic hydroxyl groups is 1. The summed E-state index contributed by atoms with van der Waals surface area (Å²) in [6.07, 6.45) is 4.25. The minimum absolute atomic E-state index is 0.0244. The van der Waals surface area contributed by atoms with Gasteiger partial charge in [0.25, 0.3) is 0 Å². The van der Waals surface area contributed by atoms with E-state index in [0.29, 0.717) is 10.8 Å². The standard InChI is InChI=1S/C27H22ClN3O3S/c28-20-7-1-18(2-8-20)24(33)16-35-26-25(19-5-11-22(32)12-6-19)31(27(26)34)21-9-3-17(4-10-21)23-15-29-13-14-30-23/h1-15,24-26,32-33H,16H2/t24-,25-,26-/m1/s1. The molecule has 0 bridgehead atoms. The smallest absolute Gasteiger partial charge is 0.243 e. The number of thioether (sulfide) groups is 1. The average Bonchev–Trinajstić information content (AvgIpc) is 2.89. The molecule has 176 valence electrons. The Hall–Kier alpha value is -3.39. The fraction of sp³-hybridized carbons (Fsp3) is 0.148. The minimum Gasteiger partial charge on any atom is -0.508 e. The maximum absolute atomic E-state index is 13.3. The van der Waals surface area contributed by atoms with Gasteiger partial charge in [-0.2, -0.15) is 0 Å². The monoisotopic (exact) mass is 503 g/mol. The van der Waals surface area contributed by atoms with E-state index in [4.69, 9.17) is 11.6 Å². The van der Waals surface area contributed by atoms with Crippen molar-refractivity contribution in [3.05, 3.63) is 108 Å². The van der Waals surface area contributed by atoms with Crippen LogP contribution in [0.5, 0.6) is 5.75 Å². The van der Waals surface area contributed by atoms with Crippen LogP contribution in [0, 0.1) is 0 Å². The highest BCUT2D eigenvalue weighted by molar-refractivity contribution is 8.00. The number of benzene rings is 3.